The van der Waals surface area contributed by atoms with Gasteiger partial charge < -0.3 is 10.4 Å². The highest BCUT2D eigenvalue weighted by atomic mass is 35.5. The lowest BCUT2D eigenvalue weighted by Crippen LogP contribution is -2.13. The van der Waals surface area contributed by atoms with E-state index in [1.165, 1.54) is 5.56 Å². The van der Waals surface area contributed by atoms with E-state index in [1.807, 2.05) is 17.9 Å². The first-order valence-corrected chi connectivity index (χ1v) is 6.67. The van der Waals surface area contributed by atoms with Crippen molar-refractivity contribution in [1.82, 2.24) is 15.1 Å². The van der Waals surface area contributed by atoms with Crippen LogP contribution in [0, 0.1) is 0 Å². The van der Waals surface area contributed by atoms with Crippen molar-refractivity contribution in [2.45, 2.75) is 26.4 Å². The minimum atomic E-state index is 0.263. The van der Waals surface area contributed by atoms with E-state index >= 15 is 0 Å². The molecule has 1 aromatic heterocycles. The molecular formula is C14H18ClN3O. The minimum Gasteiger partial charge on any atom is -0.508 e. The molecular weight excluding hydrogens is 262 g/mol. The van der Waals surface area contributed by atoms with Crippen molar-refractivity contribution in [2.75, 3.05) is 0 Å². The van der Waals surface area contributed by atoms with Crippen LogP contribution in [0.15, 0.2) is 24.4 Å². The number of aromatic nitrogens is 2. The van der Waals surface area contributed by atoms with Crippen molar-refractivity contribution >= 4 is 11.6 Å². The van der Waals surface area contributed by atoms with E-state index in [0.717, 1.165) is 24.2 Å². The predicted molar refractivity (Wildman–Crippen MR) is 76.2 cm³/mol. The van der Waals surface area contributed by atoms with Crippen LogP contribution in [0.2, 0.25) is 5.02 Å². The van der Waals surface area contributed by atoms with Gasteiger partial charge in [-0.1, -0.05) is 18.5 Å². The maximum atomic E-state index is 9.72. The van der Waals surface area contributed by atoms with Crippen molar-refractivity contribution < 1.29 is 5.11 Å². The van der Waals surface area contributed by atoms with E-state index in [0.29, 0.717) is 11.6 Å². The Labute approximate surface area is 118 Å². The Bertz CT molecular complexity index is 566. The average molecular weight is 280 g/mol. The molecule has 0 fully saturated rings. The molecule has 102 valence electrons. The smallest absolute Gasteiger partial charge is 0.120 e. The Morgan fingerprint density at radius 3 is 2.79 bits per heavy atom. The summed E-state index contributed by atoms with van der Waals surface area (Å²) in [5.74, 6) is 0.263. The van der Waals surface area contributed by atoms with Gasteiger partial charge in [-0.05, 0) is 24.6 Å². The van der Waals surface area contributed by atoms with Crippen LogP contribution in [0.4, 0.5) is 0 Å². The summed E-state index contributed by atoms with van der Waals surface area (Å²) in [6.45, 7) is 3.39. The van der Waals surface area contributed by atoms with Gasteiger partial charge >= 0.3 is 0 Å². The molecule has 2 aromatic rings. The molecule has 1 heterocycles. The summed E-state index contributed by atoms with van der Waals surface area (Å²) in [5, 5.41) is 18.0. The Kier molecular flexibility index (Phi) is 4.45. The van der Waals surface area contributed by atoms with Crippen LogP contribution in [-0.2, 0) is 26.6 Å². The van der Waals surface area contributed by atoms with Crippen molar-refractivity contribution in [2.24, 2.45) is 7.05 Å². The third kappa shape index (κ3) is 3.49. The molecule has 2 rings (SSSR count). The highest BCUT2D eigenvalue weighted by molar-refractivity contribution is 6.30. The molecule has 19 heavy (non-hydrogen) atoms. The van der Waals surface area contributed by atoms with Gasteiger partial charge in [0.25, 0.3) is 0 Å². The van der Waals surface area contributed by atoms with Crippen molar-refractivity contribution in [3.05, 3.63) is 46.2 Å². The number of phenols is 1. The first kappa shape index (κ1) is 13.9. The highest BCUT2D eigenvalue weighted by Crippen LogP contribution is 2.21. The summed E-state index contributed by atoms with van der Waals surface area (Å²) in [5.41, 5.74) is 3.09. The molecule has 0 aliphatic carbocycles. The van der Waals surface area contributed by atoms with Crippen LogP contribution < -0.4 is 5.32 Å². The molecule has 1 aromatic carbocycles. The van der Waals surface area contributed by atoms with E-state index in [9.17, 15) is 5.11 Å². The molecule has 0 atom stereocenters. The zero-order valence-electron chi connectivity index (χ0n) is 11.2. The fourth-order valence-electron chi connectivity index (χ4n) is 2.06. The lowest BCUT2D eigenvalue weighted by Gasteiger charge is -2.07. The van der Waals surface area contributed by atoms with Gasteiger partial charge in [0.1, 0.15) is 5.75 Å². The molecule has 0 amide bonds. The standard InChI is InChI=1S/C14H18ClN3O/c1-3-13-11(9-18(2)17-13)8-16-7-10-6-12(15)4-5-14(10)19/h4-6,9,16,19H,3,7-8H2,1-2H3. The lowest BCUT2D eigenvalue weighted by atomic mass is 10.2. The summed E-state index contributed by atoms with van der Waals surface area (Å²) < 4.78 is 1.83. The van der Waals surface area contributed by atoms with Gasteiger partial charge in [0.2, 0.25) is 0 Å². The van der Waals surface area contributed by atoms with Crippen molar-refractivity contribution in [1.29, 1.82) is 0 Å². The predicted octanol–water partition coefficient (Wildman–Crippen LogP) is 2.63. The van der Waals surface area contributed by atoms with Gasteiger partial charge in [0.05, 0.1) is 5.69 Å². The number of hydrogen-bond acceptors (Lipinski definition) is 3. The topological polar surface area (TPSA) is 50.1 Å². The number of nitrogens with one attached hydrogen (secondary N) is 1. The van der Waals surface area contributed by atoms with Crippen molar-refractivity contribution in [3.63, 3.8) is 0 Å². The number of halogens is 1. The third-order valence-corrected chi connectivity index (χ3v) is 3.23. The Balaban J connectivity index is 1.98. The molecule has 0 bridgehead atoms. The second-order valence-corrected chi connectivity index (χ2v) is 4.94. The zero-order valence-corrected chi connectivity index (χ0v) is 11.9. The lowest BCUT2D eigenvalue weighted by molar-refractivity contribution is 0.464. The maximum absolute atomic E-state index is 9.72. The van der Waals surface area contributed by atoms with Crippen LogP contribution in [0.1, 0.15) is 23.7 Å². The molecule has 0 saturated heterocycles. The van der Waals surface area contributed by atoms with Gasteiger partial charge in [-0.15, -0.1) is 0 Å². The van der Waals surface area contributed by atoms with E-state index in [4.69, 9.17) is 11.6 Å². The van der Waals surface area contributed by atoms with Crippen LogP contribution in [-0.4, -0.2) is 14.9 Å². The van der Waals surface area contributed by atoms with E-state index in [-0.39, 0.29) is 5.75 Å². The minimum absolute atomic E-state index is 0.263. The quantitative estimate of drug-likeness (QED) is 0.885. The SMILES string of the molecule is CCc1nn(C)cc1CNCc1cc(Cl)ccc1O. The molecule has 0 spiro atoms. The molecule has 0 unspecified atom stereocenters. The monoisotopic (exact) mass is 279 g/mol. The number of benzene rings is 1. The second-order valence-electron chi connectivity index (χ2n) is 4.50. The number of aryl methyl sites for hydroxylation is 2. The molecule has 5 heteroatoms. The Morgan fingerprint density at radius 2 is 2.05 bits per heavy atom. The van der Waals surface area contributed by atoms with Crippen LogP contribution in [0.5, 0.6) is 5.75 Å². The van der Waals surface area contributed by atoms with E-state index in [1.54, 1.807) is 18.2 Å². The Hall–Kier alpha value is -1.52. The summed E-state index contributed by atoms with van der Waals surface area (Å²) >= 11 is 5.91. The summed E-state index contributed by atoms with van der Waals surface area (Å²) in [6, 6.07) is 5.06. The van der Waals surface area contributed by atoms with Crippen LogP contribution in [0.3, 0.4) is 0 Å². The number of hydrogen-bond donors (Lipinski definition) is 2. The first-order valence-electron chi connectivity index (χ1n) is 6.29. The number of phenolic OH excluding ortho intramolecular Hbond substituents is 1. The van der Waals surface area contributed by atoms with Crippen LogP contribution in [0.25, 0.3) is 0 Å². The fraction of sp³-hybridized carbons (Fsp3) is 0.357. The van der Waals surface area contributed by atoms with Crippen molar-refractivity contribution in [3.8, 4) is 5.75 Å². The van der Waals surface area contributed by atoms with Gasteiger partial charge in [-0.25, -0.2) is 0 Å². The largest absolute Gasteiger partial charge is 0.508 e. The van der Waals surface area contributed by atoms with Crippen LogP contribution >= 0.6 is 11.6 Å². The number of aromatic hydroxyl groups is 1. The second kappa shape index (κ2) is 6.08. The first-order chi connectivity index (χ1) is 9.10. The number of rotatable bonds is 5. The maximum Gasteiger partial charge on any atom is 0.120 e. The van der Waals surface area contributed by atoms with Gasteiger partial charge in [-0.3, -0.25) is 4.68 Å². The highest BCUT2D eigenvalue weighted by Gasteiger charge is 2.06. The van der Waals surface area contributed by atoms with Gasteiger partial charge in [-0.2, -0.15) is 5.10 Å². The number of nitrogens with zero attached hydrogens (tertiary/aromatic N) is 2. The summed E-state index contributed by atoms with van der Waals surface area (Å²) in [6.07, 6.45) is 2.93. The molecule has 0 aliphatic rings. The molecule has 0 aliphatic heterocycles. The fourth-order valence-corrected chi connectivity index (χ4v) is 2.25. The normalized spacial score (nSPS) is 10.9. The van der Waals surface area contributed by atoms with Gasteiger partial charge in [0.15, 0.2) is 0 Å². The Morgan fingerprint density at radius 1 is 1.32 bits per heavy atom. The van der Waals surface area contributed by atoms with Gasteiger partial charge in [0, 0.05) is 42.5 Å². The van der Waals surface area contributed by atoms with E-state index < -0.39 is 0 Å². The summed E-state index contributed by atoms with van der Waals surface area (Å²) in [7, 11) is 1.92. The summed E-state index contributed by atoms with van der Waals surface area (Å²) in [4.78, 5) is 0. The molecule has 0 saturated carbocycles. The van der Waals surface area contributed by atoms with E-state index in [2.05, 4.69) is 17.3 Å². The molecule has 2 N–H and O–H groups in total. The molecule has 4 nitrogen and oxygen atoms in total. The zero-order chi connectivity index (χ0) is 13.8. The average Bonchev–Trinajstić information content (AvgIpc) is 2.74. The third-order valence-electron chi connectivity index (χ3n) is 3.00. The molecule has 0 radical (unpaired) electrons.